The first kappa shape index (κ1) is 11.3. The van der Waals surface area contributed by atoms with Crippen LogP contribution in [0.25, 0.3) is 0 Å². The average Bonchev–Trinajstić information content (AvgIpc) is 2.38. The predicted octanol–water partition coefficient (Wildman–Crippen LogP) is 2.57. The van der Waals surface area contributed by atoms with Crippen molar-refractivity contribution >= 4 is 15.7 Å². The van der Waals surface area contributed by atoms with E-state index in [2.05, 4.69) is 4.72 Å². The molecule has 3 rings (SSSR count). The maximum Gasteiger partial charge on any atom is 0.233 e. The van der Waals surface area contributed by atoms with Crippen molar-refractivity contribution < 1.29 is 8.42 Å². The lowest BCUT2D eigenvalue weighted by Crippen LogP contribution is -2.28. The van der Waals surface area contributed by atoms with Gasteiger partial charge in [-0.05, 0) is 17.2 Å². The van der Waals surface area contributed by atoms with Gasteiger partial charge in [0.05, 0.1) is 11.4 Å². The van der Waals surface area contributed by atoms with Gasteiger partial charge >= 0.3 is 0 Å². The van der Waals surface area contributed by atoms with E-state index in [4.69, 9.17) is 0 Å². The number of sulfonamides is 1. The summed E-state index contributed by atoms with van der Waals surface area (Å²) in [6.45, 7) is 0. The van der Waals surface area contributed by atoms with Crippen molar-refractivity contribution in [1.29, 1.82) is 0 Å². The molecule has 0 saturated carbocycles. The minimum atomic E-state index is -3.24. The highest BCUT2D eigenvalue weighted by atomic mass is 32.2. The predicted molar refractivity (Wildman–Crippen MR) is 72.1 cm³/mol. The zero-order valence-electron chi connectivity index (χ0n) is 9.71. The van der Waals surface area contributed by atoms with Gasteiger partial charge in [0, 0.05) is 5.92 Å². The van der Waals surface area contributed by atoms with Crippen molar-refractivity contribution in [3.63, 3.8) is 0 Å². The number of hydrogen-bond donors (Lipinski definition) is 1. The number of hydrogen-bond acceptors (Lipinski definition) is 2. The smallest absolute Gasteiger partial charge is 0.233 e. The first-order valence-corrected chi connectivity index (χ1v) is 7.45. The first-order chi connectivity index (χ1) is 8.66. The molecular weight excluding hydrogens is 246 g/mol. The Morgan fingerprint density at radius 3 is 2.39 bits per heavy atom. The summed E-state index contributed by atoms with van der Waals surface area (Å²) in [5, 5.41) is 0. The van der Waals surface area contributed by atoms with E-state index in [0.717, 1.165) is 11.1 Å². The van der Waals surface area contributed by atoms with Gasteiger partial charge in [-0.25, -0.2) is 8.42 Å². The number of nitrogens with one attached hydrogen (secondary N) is 1. The van der Waals surface area contributed by atoms with Crippen LogP contribution in [0.4, 0.5) is 5.69 Å². The van der Waals surface area contributed by atoms with Crippen LogP contribution in [-0.2, 0) is 10.0 Å². The standard InChI is InChI=1S/C14H13NO2S/c16-18(17)10-13(11-6-2-1-3-7-11)12-8-4-5-9-14(12)15-18/h1-9,13,15H,10H2. The number of para-hydroxylation sites is 1. The van der Waals surface area contributed by atoms with Gasteiger partial charge in [0.1, 0.15) is 0 Å². The van der Waals surface area contributed by atoms with E-state index in [0.29, 0.717) is 5.69 Å². The van der Waals surface area contributed by atoms with Crippen molar-refractivity contribution in [1.82, 2.24) is 0 Å². The molecule has 1 aliphatic rings. The summed E-state index contributed by atoms with van der Waals surface area (Å²) in [6.07, 6.45) is 0. The Morgan fingerprint density at radius 1 is 0.944 bits per heavy atom. The van der Waals surface area contributed by atoms with Gasteiger partial charge < -0.3 is 0 Å². The molecule has 0 aliphatic carbocycles. The van der Waals surface area contributed by atoms with Crippen molar-refractivity contribution in [2.75, 3.05) is 10.5 Å². The van der Waals surface area contributed by atoms with Crippen LogP contribution in [0.2, 0.25) is 0 Å². The molecule has 0 fully saturated rings. The minimum absolute atomic E-state index is 0.0892. The number of rotatable bonds is 1. The Hall–Kier alpha value is -1.81. The van der Waals surface area contributed by atoms with E-state index in [-0.39, 0.29) is 11.7 Å². The molecule has 0 aromatic heterocycles. The van der Waals surface area contributed by atoms with Crippen LogP contribution in [0.3, 0.4) is 0 Å². The molecule has 0 amide bonds. The molecule has 1 N–H and O–H groups in total. The Balaban J connectivity index is 2.16. The van der Waals surface area contributed by atoms with E-state index in [9.17, 15) is 8.42 Å². The van der Waals surface area contributed by atoms with Crippen molar-refractivity contribution in [2.24, 2.45) is 0 Å². The highest BCUT2D eigenvalue weighted by molar-refractivity contribution is 7.92. The van der Waals surface area contributed by atoms with E-state index < -0.39 is 10.0 Å². The van der Waals surface area contributed by atoms with Crippen LogP contribution in [-0.4, -0.2) is 14.2 Å². The molecule has 2 aromatic carbocycles. The van der Waals surface area contributed by atoms with Gasteiger partial charge in [0.2, 0.25) is 10.0 Å². The summed E-state index contributed by atoms with van der Waals surface area (Å²) in [5.74, 6) is 0.0160. The molecule has 0 spiro atoms. The summed E-state index contributed by atoms with van der Waals surface area (Å²) in [6, 6.07) is 17.3. The normalized spacial score (nSPS) is 20.8. The lowest BCUT2D eigenvalue weighted by atomic mass is 9.92. The molecule has 0 bridgehead atoms. The van der Waals surface area contributed by atoms with Crippen LogP contribution in [0.5, 0.6) is 0 Å². The summed E-state index contributed by atoms with van der Waals surface area (Å²) in [7, 11) is -3.24. The molecule has 18 heavy (non-hydrogen) atoms. The number of benzene rings is 2. The highest BCUT2D eigenvalue weighted by Gasteiger charge is 2.29. The quantitative estimate of drug-likeness (QED) is 0.855. The molecule has 3 nitrogen and oxygen atoms in total. The van der Waals surface area contributed by atoms with Gasteiger partial charge in [-0.1, -0.05) is 48.5 Å². The summed E-state index contributed by atoms with van der Waals surface area (Å²) in [5.41, 5.74) is 2.77. The fourth-order valence-corrected chi connectivity index (χ4v) is 3.79. The maximum atomic E-state index is 11.9. The lowest BCUT2D eigenvalue weighted by Gasteiger charge is -2.26. The molecule has 4 heteroatoms. The highest BCUT2D eigenvalue weighted by Crippen LogP contribution is 2.35. The third kappa shape index (κ3) is 1.99. The molecule has 1 aliphatic heterocycles. The minimum Gasteiger partial charge on any atom is -0.283 e. The summed E-state index contributed by atoms with van der Waals surface area (Å²) in [4.78, 5) is 0. The third-order valence-electron chi connectivity index (χ3n) is 3.19. The van der Waals surface area contributed by atoms with Gasteiger partial charge in [-0.3, -0.25) is 4.72 Å². The Morgan fingerprint density at radius 2 is 1.61 bits per heavy atom. The van der Waals surface area contributed by atoms with Crippen LogP contribution in [0.15, 0.2) is 54.6 Å². The second-order valence-corrected chi connectivity index (χ2v) is 6.20. The molecular formula is C14H13NO2S. The molecule has 0 saturated heterocycles. The maximum absolute atomic E-state index is 11.9. The monoisotopic (exact) mass is 259 g/mol. The molecule has 92 valence electrons. The van der Waals surface area contributed by atoms with E-state index >= 15 is 0 Å². The van der Waals surface area contributed by atoms with Gasteiger partial charge in [-0.15, -0.1) is 0 Å². The SMILES string of the molecule is O=S1(=O)CC(c2ccccc2)c2ccccc2N1. The van der Waals surface area contributed by atoms with Gasteiger partial charge in [0.15, 0.2) is 0 Å². The average molecular weight is 259 g/mol. The molecule has 1 atom stereocenters. The fraction of sp³-hybridized carbons (Fsp3) is 0.143. The van der Waals surface area contributed by atoms with Crippen LogP contribution < -0.4 is 4.72 Å². The Kier molecular flexibility index (Phi) is 2.59. The zero-order chi connectivity index (χ0) is 12.6. The van der Waals surface area contributed by atoms with Crippen LogP contribution in [0, 0.1) is 0 Å². The summed E-state index contributed by atoms with van der Waals surface area (Å²) < 4.78 is 26.4. The first-order valence-electron chi connectivity index (χ1n) is 5.80. The topological polar surface area (TPSA) is 46.2 Å². The molecule has 2 aromatic rings. The lowest BCUT2D eigenvalue weighted by molar-refractivity contribution is 0.595. The second kappa shape index (κ2) is 4.14. The van der Waals surface area contributed by atoms with Crippen molar-refractivity contribution in [3.8, 4) is 0 Å². The van der Waals surface area contributed by atoms with Crippen molar-refractivity contribution in [2.45, 2.75) is 5.92 Å². The fourth-order valence-electron chi connectivity index (χ4n) is 2.37. The van der Waals surface area contributed by atoms with Gasteiger partial charge in [0.25, 0.3) is 0 Å². The van der Waals surface area contributed by atoms with E-state index in [1.54, 1.807) is 0 Å². The Labute approximate surface area is 107 Å². The van der Waals surface area contributed by atoms with Crippen LogP contribution in [0.1, 0.15) is 17.0 Å². The zero-order valence-corrected chi connectivity index (χ0v) is 10.5. The Bertz CT molecular complexity index is 665. The second-order valence-electron chi connectivity index (χ2n) is 4.43. The molecule has 1 heterocycles. The molecule has 0 radical (unpaired) electrons. The van der Waals surface area contributed by atoms with Gasteiger partial charge in [-0.2, -0.15) is 0 Å². The number of fused-ring (bicyclic) bond motifs is 1. The summed E-state index contributed by atoms with van der Waals surface area (Å²) >= 11 is 0. The van der Waals surface area contributed by atoms with Crippen molar-refractivity contribution in [3.05, 3.63) is 65.7 Å². The van der Waals surface area contributed by atoms with Crippen LogP contribution >= 0.6 is 0 Å². The molecule has 1 unspecified atom stereocenters. The van der Waals surface area contributed by atoms with E-state index in [1.807, 2.05) is 54.6 Å². The number of anilines is 1. The largest absolute Gasteiger partial charge is 0.283 e. The third-order valence-corrected chi connectivity index (χ3v) is 4.49. The van der Waals surface area contributed by atoms with E-state index in [1.165, 1.54) is 0 Å².